The van der Waals surface area contributed by atoms with E-state index in [1.807, 2.05) is 47.4 Å². The highest BCUT2D eigenvalue weighted by Crippen LogP contribution is 2.35. The van der Waals surface area contributed by atoms with E-state index in [2.05, 4.69) is 17.6 Å². The quantitative estimate of drug-likeness (QED) is 0.679. The fourth-order valence-electron chi connectivity index (χ4n) is 4.07. The number of aromatic nitrogens is 1. The number of likely N-dealkylation sites (tertiary alicyclic amines) is 1. The third-order valence-electron chi connectivity index (χ3n) is 5.50. The molecule has 5 nitrogen and oxygen atoms in total. The molecule has 1 aliphatic rings. The Bertz CT molecular complexity index is 1070. The molecule has 1 saturated heterocycles. The van der Waals surface area contributed by atoms with E-state index in [4.69, 9.17) is 4.74 Å². The van der Waals surface area contributed by atoms with Gasteiger partial charge in [0.05, 0.1) is 23.9 Å². The van der Waals surface area contributed by atoms with Gasteiger partial charge in [0, 0.05) is 36.7 Å². The number of carbonyl (C=O) groups excluding carboxylic acids is 1. The molecule has 0 atom stereocenters. The molecular weight excluding hydrogens is 350 g/mol. The summed E-state index contributed by atoms with van der Waals surface area (Å²) in [5, 5.41) is 10.8. The third-order valence-corrected chi connectivity index (χ3v) is 5.50. The second-order valence-electron chi connectivity index (χ2n) is 7.04. The lowest BCUT2D eigenvalue weighted by Gasteiger charge is -2.15. The van der Waals surface area contributed by atoms with Crippen molar-refractivity contribution < 1.29 is 9.53 Å². The number of ether oxygens (including phenoxy) is 1. The van der Waals surface area contributed by atoms with E-state index in [1.165, 1.54) is 0 Å². The average Bonchev–Trinajstić information content (AvgIpc) is 3.38. The van der Waals surface area contributed by atoms with Crippen molar-refractivity contribution in [3.8, 4) is 23.1 Å². The molecule has 1 aromatic heterocycles. The number of methoxy groups -OCH3 is 1. The largest absolute Gasteiger partial charge is 0.497 e. The molecule has 4 rings (SSSR count). The predicted octanol–water partition coefficient (Wildman–Crippen LogP) is 4.44. The number of fused-ring (bicyclic) bond motifs is 1. The second kappa shape index (κ2) is 7.40. The predicted molar refractivity (Wildman–Crippen MR) is 109 cm³/mol. The van der Waals surface area contributed by atoms with Crippen molar-refractivity contribution in [3.05, 3.63) is 53.6 Å². The van der Waals surface area contributed by atoms with Crippen molar-refractivity contribution in [1.29, 1.82) is 5.26 Å². The van der Waals surface area contributed by atoms with Crippen molar-refractivity contribution in [2.24, 2.45) is 0 Å². The molecule has 1 fully saturated rings. The topological polar surface area (TPSA) is 58.3 Å². The zero-order valence-electron chi connectivity index (χ0n) is 16.2. The van der Waals surface area contributed by atoms with Crippen LogP contribution < -0.4 is 4.74 Å². The number of nitriles is 1. The number of rotatable bonds is 4. The van der Waals surface area contributed by atoms with Crippen LogP contribution in [0.5, 0.6) is 5.75 Å². The first-order valence-corrected chi connectivity index (χ1v) is 9.68. The molecule has 2 heterocycles. The summed E-state index contributed by atoms with van der Waals surface area (Å²) in [4.78, 5) is 14.5. The summed E-state index contributed by atoms with van der Waals surface area (Å²) in [5.41, 5.74) is 4.15. The number of nitrogens with zero attached hydrogens (tertiary/aromatic N) is 3. The zero-order chi connectivity index (χ0) is 19.7. The molecule has 1 aliphatic heterocycles. The van der Waals surface area contributed by atoms with Crippen LogP contribution in [0.2, 0.25) is 0 Å². The van der Waals surface area contributed by atoms with Gasteiger partial charge in [-0.3, -0.25) is 4.79 Å². The van der Waals surface area contributed by atoms with Gasteiger partial charge in [0.25, 0.3) is 5.91 Å². The van der Waals surface area contributed by atoms with E-state index in [0.29, 0.717) is 11.1 Å². The van der Waals surface area contributed by atoms with Gasteiger partial charge in [0.15, 0.2) is 0 Å². The van der Waals surface area contributed by atoms with E-state index in [1.54, 1.807) is 7.11 Å². The van der Waals surface area contributed by atoms with Crippen LogP contribution in [-0.2, 0) is 6.54 Å². The van der Waals surface area contributed by atoms with Crippen LogP contribution >= 0.6 is 0 Å². The highest BCUT2D eigenvalue weighted by molar-refractivity contribution is 5.97. The molecule has 0 radical (unpaired) electrons. The van der Waals surface area contributed by atoms with Crippen LogP contribution in [0.15, 0.2) is 42.5 Å². The Morgan fingerprint density at radius 3 is 2.46 bits per heavy atom. The van der Waals surface area contributed by atoms with E-state index in [-0.39, 0.29) is 5.91 Å². The van der Waals surface area contributed by atoms with Gasteiger partial charge in [-0.25, -0.2) is 0 Å². The van der Waals surface area contributed by atoms with E-state index < -0.39 is 0 Å². The number of amides is 1. The van der Waals surface area contributed by atoms with E-state index >= 15 is 0 Å². The van der Waals surface area contributed by atoms with Crippen LogP contribution in [0, 0.1) is 11.3 Å². The Morgan fingerprint density at radius 2 is 1.86 bits per heavy atom. The molecular formula is C23H23N3O2. The van der Waals surface area contributed by atoms with E-state index in [9.17, 15) is 10.1 Å². The second-order valence-corrected chi connectivity index (χ2v) is 7.04. The molecule has 0 saturated carbocycles. The molecule has 142 valence electrons. The molecule has 0 spiro atoms. The summed E-state index contributed by atoms with van der Waals surface area (Å²) in [5.74, 6) is 0.854. The van der Waals surface area contributed by atoms with Crippen molar-refractivity contribution >= 4 is 16.8 Å². The van der Waals surface area contributed by atoms with Crippen LogP contribution in [0.25, 0.3) is 22.2 Å². The van der Waals surface area contributed by atoms with Gasteiger partial charge in [0.1, 0.15) is 11.8 Å². The summed E-state index contributed by atoms with van der Waals surface area (Å²) in [6.45, 7) is 4.47. The monoisotopic (exact) mass is 373 g/mol. The molecule has 0 unspecified atom stereocenters. The normalized spacial score (nSPS) is 13.7. The highest BCUT2D eigenvalue weighted by atomic mass is 16.5. The van der Waals surface area contributed by atoms with Gasteiger partial charge < -0.3 is 14.2 Å². The number of hydrogen-bond donors (Lipinski definition) is 0. The van der Waals surface area contributed by atoms with E-state index in [0.717, 1.165) is 60.4 Å². The molecule has 0 aliphatic carbocycles. The Kier molecular flexibility index (Phi) is 4.79. The lowest BCUT2D eigenvalue weighted by Crippen LogP contribution is -2.27. The van der Waals surface area contributed by atoms with Crippen molar-refractivity contribution in [2.45, 2.75) is 26.3 Å². The number of benzene rings is 2. The van der Waals surface area contributed by atoms with Gasteiger partial charge in [-0.2, -0.15) is 5.26 Å². The first-order chi connectivity index (χ1) is 13.7. The molecule has 28 heavy (non-hydrogen) atoms. The Labute approximate surface area is 164 Å². The minimum absolute atomic E-state index is 0.0883. The van der Waals surface area contributed by atoms with Crippen molar-refractivity contribution in [1.82, 2.24) is 9.47 Å². The number of aryl methyl sites for hydroxylation is 1. The third kappa shape index (κ3) is 2.91. The fraction of sp³-hybridized carbons (Fsp3) is 0.304. The van der Waals surface area contributed by atoms with Crippen LogP contribution in [0.3, 0.4) is 0 Å². The molecule has 2 aromatic carbocycles. The van der Waals surface area contributed by atoms with Gasteiger partial charge in [-0.1, -0.05) is 12.1 Å². The maximum absolute atomic E-state index is 12.6. The molecule has 5 heteroatoms. The number of carbonyl (C=O) groups is 1. The summed E-state index contributed by atoms with van der Waals surface area (Å²) in [7, 11) is 1.64. The van der Waals surface area contributed by atoms with Gasteiger partial charge >= 0.3 is 0 Å². The van der Waals surface area contributed by atoms with Crippen molar-refractivity contribution in [3.63, 3.8) is 0 Å². The maximum Gasteiger partial charge on any atom is 0.253 e. The molecule has 1 amide bonds. The first-order valence-electron chi connectivity index (χ1n) is 9.68. The smallest absolute Gasteiger partial charge is 0.253 e. The molecule has 3 aromatic rings. The Hall–Kier alpha value is -3.26. The standard InChI is InChI=1S/C23H23N3O2/c1-3-26-21-14-18(28-2)10-11-19(21)20(15-24)22(26)16-6-8-17(9-7-16)23(27)25-12-4-5-13-25/h6-11,14H,3-5,12-13H2,1-2H3. The van der Waals surface area contributed by atoms with Gasteiger partial charge in [-0.15, -0.1) is 0 Å². The SMILES string of the molecule is CCn1c(-c2ccc(C(=O)N3CCCC3)cc2)c(C#N)c2ccc(OC)cc21. The summed E-state index contributed by atoms with van der Waals surface area (Å²) >= 11 is 0. The molecule has 0 N–H and O–H groups in total. The van der Waals surface area contributed by atoms with Gasteiger partial charge in [0.2, 0.25) is 0 Å². The van der Waals surface area contributed by atoms with Gasteiger partial charge in [-0.05, 0) is 49.6 Å². The fourth-order valence-corrected chi connectivity index (χ4v) is 4.07. The maximum atomic E-state index is 12.6. The highest BCUT2D eigenvalue weighted by Gasteiger charge is 2.21. The summed E-state index contributed by atoms with van der Waals surface area (Å²) in [6, 6.07) is 15.8. The average molecular weight is 373 g/mol. The molecule has 0 bridgehead atoms. The minimum Gasteiger partial charge on any atom is -0.497 e. The minimum atomic E-state index is 0.0883. The summed E-state index contributed by atoms with van der Waals surface area (Å²) < 4.78 is 7.50. The Balaban J connectivity index is 1.80. The van der Waals surface area contributed by atoms with Crippen molar-refractivity contribution in [2.75, 3.05) is 20.2 Å². The lowest BCUT2D eigenvalue weighted by molar-refractivity contribution is 0.0793. The Morgan fingerprint density at radius 1 is 1.14 bits per heavy atom. The lowest BCUT2D eigenvalue weighted by atomic mass is 10.0. The van der Waals surface area contributed by atoms with Crippen LogP contribution in [0.1, 0.15) is 35.7 Å². The van der Waals surface area contributed by atoms with Crippen LogP contribution in [-0.4, -0.2) is 35.6 Å². The number of hydrogen-bond acceptors (Lipinski definition) is 3. The zero-order valence-corrected chi connectivity index (χ0v) is 16.2. The van der Waals surface area contributed by atoms with Crippen LogP contribution in [0.4, 0.5) is 0 Å². The summed E-state index contributed by atoms with van der Waals surface area (Å²) in [6.07, 6.45) is 2.16. The first kappa shape index (κ1) is 18.1.